The Balaban J connectivity index is 1.88. The predicted octanol–water partition coefficient (Wildman–Crippen LogP) is 5.66. The summed E-state index contributed by atoms with van der Waals surface area (Å²) in [7, 11) is 0. The Bertz CT molecular complexity index is 1210. The Labute approximate surface area is 190 Å². The summed E-state index contributed by atoms with van der Waals surface area (Å²) in [6.07, 6.45) is 0.832. The minimum atomic E-state index is -0.942. The zero-order chi connectivity index (χ0) is 22.8. The number of aliphatic hydroxyl groups is 1. The molecule has 4 rings (SSSR count). The summed E-state index contributed by atoms with van der Waals surface area (Å²) < 4.78 is 11.4. The molecule has 1 unspecified atom stereocenters. The maximum atomic E-state index is 13.1. The number of amides is 1. The first-order valence-electron chi connectivity index (χ1n) is 10.3. The summed E-state index contributed by atoms with van der Waals surface area (Å²) in [5, 5.41) is 11.6. The van der Waals surface area contributed by atoms with Crippen molar-refractivity contribution in [2.45, 2.75) is 26.3 Å². The number of Topliss-reactive ketones (excluding diaryl/α,β-unsaturated/α-hetero) is 1. The normalized spacial score (nSPS) is 17.7. The molecule has 6 nitrogen and oxygen atoms in total. The number of furan rings is 1. The van der Waals surface area contributed by atoms with Crippen LogP contribution in [0, 0.1) is 6.92 Å². The SMILES string of the molecule is CCCOc1cccc(/C(O)=C2/C(=O)C(=O)N(c3cccc(Cl)c3)C2c2ccc(C)o2)c1. The summed E-state index contributed by atoms with van der Waals surface area (Å²) in [6, 6.07) is 15.9. The molecule has 0 bridgehead atoms. The summed E-state index contributed by atoms with van der Waals surface area (Å²) >= 11 is 6.14. The summed E-state index contributed by atoms with van der Waals surface area (Å²) in [6.45, 7) is 4.28. The minimum absolute atomic E-state index is 0.0584. The number of rotatable bonds is 6. The number of benzene rings is 2. The number of carbonyl (C=O) groups is 2. The van der Waals surface area contributed by atoms with Gasteiger partial charge in [0.1, 0.15) is 29.1 Å². The molecule has 1 N–H and O–H groups in total. The third kappa shape index (κ3) is 4.01. The van der Waals surface area contributed by atoms with Crippen molar-refractivity contribution in [3.63, 3.8) is 0 Å². The van der Waals surface area contributed by atoms with Crippen LogP contribution in [0.4, 0.5) is 5.69 Å². The molecular weight excluding hydrogens is 430 g/mol. The van der Waals surface area contributed by atoms with Crippen LogP contribution in [0.15, 0.2) is 70.7 Å². The molecule has 1 aliphatic heterocycles. The molecule has 2 heterocycles. The van der Waals surface area contributed by atoms with Crippen LogP contribution in [-0.4, -0.2) is 23.4 Å². The lowest BCUT2D eigenvalue weighted by molar-refractivity contribution is -0.132. The van der Waals surface area contributed by atoms with Crippen molar-refractivity contribution >= 4 is 34.7 Å². The Kier molecular flexibility index (Phi) is 6.06. The second kappa shape index (κ2) is 8.93. The lowest BCUT2D eigenvalue weighted by Gasteiger charge is -2.23. The van der Waals surface area contributed by atoms with E-state index in [1.54, 1.807) is 67.6 Å². The van der Waals surface area contributed by atoms with Gasteiger partial charge in [0.05, 0.1) is 12.2 Å². The average Bonchev–Trinajstić information content (AvgIpc) is 3.33. The number of aliphatic hydroxyl groups excluding tert-OH is 1. The molecule has 0 aliphatic carbocycles. The molecular formula is C25H22ClNO5. The highest BCUT2D eigenvalue weighted by Gasteiger charge is 2.48. The van der Waals surface area contributed by atoms with Gasteiger partial charge >= 0.3 is 0 Å². The van der Waals surface area contributed by atoms with Gasteiger partial charge in [-0.25, -0.2) is 0 Å². The first-order valence-corrected chi connectivity index (χ1v) is 10.6. The molecule has 1 atom stereocenters. The highest BCUT2D eigenvalue weighted by Crippen LogP contribution is 2.43. The number of aryl methyl sites for hydroxylation is 1. The molecule has 0 spiro atoms. The van der Waals surface area contributed by atoms with Gasteiger partial charge in [0.2, 0.25) is 0 Å². The molecule has 3 aromatic rings. The number of ketones is 1. The van der Waals surface area contributed by atoms with Gasteiger partial charge in [0.25, 0.3) is 11.7 Å². The number of halogens is 1. The zero-order valence-electron chi connectivity index (χ0n) is 17.7. The molecule has 1 saturated heterocycles. The van der Waals surface area contributed by atoms with Gasteiger partial charge in [-0.1, -0.05) is 36.7 Å². The van der Waals surface area contributed by atoms with Gasteiger partial charge in [-0.3, -0.25) is 14.5 Å². The van der Waals surface area contributed by atoms with Gasteiger partial charge in [0.15, 0.2) is 0 Å². The number of hydrogen-bond donors (Lipinski definition) is 1. The third-order valence-electron chi connectivity index (χ3n) is 5.14. The molecule has 1 aromatic heterocycles. The van der Waals surface area contributed by atoms with E-state index in [1.807, 2.05) is 6.92 Å². The predicted molar refractivity (Wildman–Crippen MR) is 122 cm³/mol. The van der Waals surface area contributed by atoms with E-state index in [9.17, 15) is 14.7 Å². The number of ether oxygens (including phenoxy) is 1. The van der Waals surface area contributed by atoms with Crippen LogP contribution >= 0.6 is 11.6 Å². The second-order valence-corrected chi connectivity index (χ2v) is 7.91. The summed E-state index contributed by atoms with van der Waals surface area (Å²) in [4.78, 5) is 27.5. The van der Waals surface area contributed by atoms with Crippen molar-refractivity contribution in [3.05, 3.63) is 88.3 Å². The van der Waals surface area contributed by atoms with Crippen LogP contribution in [0.3, 0.4) is 0 Å². The van der Waals surface area contributed by atoms with Crippen LogP contribution < -0.4 is 9.64 Å². The van der Waals surface area contributed by atoms with Gasteiger partial charge in [-0.05, 0) is 55.8 Å². The molecule has 0 saturated carbocycles. The third-order valence-corrected chi connectivity index (χ3v) is 5.38. The number of carbonyl (C=O) groups excluding carboxylic acids is 2. The lowest BCUT2D eigenvalue weighted by Crippen LogP contribution is -2.29. The molecule has 1 amide bonds. The van der Waals surface area contributed by atoms with Crippen LogP contribution in [0.5, 0.6) is 5.75 Å². The summed E-state index contributed by atoms with van der Waals surface area (Å²) in [5.41, 5.74) is 0.741. The maximum Gasteiger partial charge on any atom is 0.300 e. The largest absolute Gasteiger partial charge is 0.507 e. The Hall–Kier alpha value is -3.51. The number of hydrogen-bond acceptors (Lipinski definition) is 5. The zero-order valence-corrected chi connectivity index (χ0v) is 18.4. The number of nitrogens with zero attached hydrogens (tertiary/aromatic N) is 1. The molecule has 1 aliphatic rings. The van der Waals surface area contributed by atoms with E-state index in [1.165, 1.54) is 4.90 Å². The fraction of sp³-hybridized carbons (Fsp3) is 0.200. The topological polar surface area (TPSA) is 80.0 Å². The van der Waals surface area contributed by atoms with Gasteiger partial charge < -0.3 is 14.3 Å². The van der Waals surface area contributed by atoms with Gasteiger partial charge in [-0.2, -0.15) is 0 Å². The Morgan fingerprint density at radius 3 is 2.59 bits per heavy atom. The quantitative estimate of drug-likeness (QED) is 0.297. The molecule has 164 valence electrons. The van der Waals surface area contributed by atoms with Gasteiger partial charge in [0, 0.05) is 16.3 Å². The van der Waals surface area contributed by atoms with E-state index in [0.717, 1.165) is 6.42 Å². The number of anilines is 1. The Morgan fingerprint density at radius 1 is 1.12 bits per heavy atom. The smallest absolute Gasteiger partial charge is 0.300 e. The average molecular weight is 452 g/mol. The maximum absolute atomic E-state index is 13.1. The van der Waals surface area contributed by atoms with E-state index < -0.39 is 17.7 Å². The van der Waals surface area contributed by atoms with Gasteiger partial charge in [-0.15, -0.1) is 0 Å². The first kappa shape index (κ1) is 21.7. The van der Waals surface area contributed by atoms with E-state index >= 15 is 0 Å². The lowest BCUT2D eigenvalue weighted by atomic mass is 9.99. The second-order valence-electron chi connectivity index (χ2n) is 7.47. The van der Waals surface area contributed by atoms with E-state index in [2.05, 4.69) is 0 Å². The molecule has 1 fully saturated rings. The van der Waals surface area contributed by atoms with Crippen molar-refractivity contribution in [3.8, 4) is 5.75 Å². The highest BCUT2D eigenvalue weighted by atomic mass is 35.5. The Morgan fingerprint density at radius 2 is 1.91 bits per heavy atom. The molecule has 32 heavy (non-hydrogen) atoms. The van der Waals surface area contributed by atoms with Crippen LogP contribution in [0.1, 0.15) is 36.5 Å². The fourth-order valence-electron chi connectivity index (χ4n) is 3.70. The van der Waals surface area contributed by atoms with Crippen molar-refractivity contribution in [2.24, 2.45) is 0 Å². The molecule has 7 heteroatoms. The van der Waals surface area contributed by atoms with E-state index in [4.69, 9.17) is 20.8 Å². The van der Waals surface area contributed by atoms with Crippen LogP contribution in [-0.2, 0) is 9.59 Å². The minimum Gasteiger partial charge on any atom is -0.507 e. The van der Waals surface area contributed by atoms with Crippen molar-refractivity contribution in [2.75, 3.05) is 11.5 Å². The van der Waals surface area contributed by atoms with E-state index in [0.29, 0.717) is 40.2 Å². The van der Waals surface area contributed by atoms with E-state index in [-0.39, 0.29) is 11.3 Å². The molecule has 2 aromatic carbocycles. The summed E-state index contributed by atoms with van der Waals surface area (Å²) in [5.74, 6) is -0.333. The molecule has 0 radical (unpaired) electrons. The monoisotopic (exact) mass is 451 g/mol. The van der Waals surface area contributed by atoms with Crippen LogP contribution in [0.25, 0.3) is 5.76 Å². The highest BCUT2D eigenvalue weighted by molar-refractivity contribution is 6.51. The first-order chi connectivity index (χ1) is 15.4. The van der Waals surface area contributed by atoms with Crippen molar-refractivity contribution in [1.82, 2.24) is 0 Å². The van der Waals surface area contributed by atoms with Crippen molar-refractivity contribution < 1.29 is 23.8 Å². The fourth-order valence-corrected chi connectivity index (χ4v) is 3.89. The van der Waals surface area contributed by atoms with Crippen molar-refractivity contribution in [1.29, 1.82) is 0 Å². The van der Waals surface area contributed by atoms with Crippen LogP contribution in [0.2, 0.25) is 5.02 Å². The standard InChI is InChI=1S/C25H22ClNO5/c1-3-12-31-19-9-4-6-16(13-19)23(28)21-22(20-11-10-15(2)32-20)27(25(30)24(21)29)18-8-5-7-17(26)14-18/h4-11,13-14,22,28H,3,12H2,1-2H3/b23-21-.